The van der Waals surface area contributed by atoms with Gasteiger partial charge in [0.2, 0.25) is 0 Å². The van der Waals surface area contributed by atoms with E-state index in [0.717, 1.165) is 0 Å². The van der Waals surface area contributed by atoms with Gasteiger partial charge in [-0.25, -0.2) is 0 Å². The van der Waals surface area contributed by atoms with Gasteiger partial charge >= 0.3 is 0 Å². The van der Waals surface area contributed by atoms with Crippen molar-refractivity contribution >= 4 is 0 Å². The van der Waals surface area contributed by atoms with Crippen LogP contribution in [0.3, 0.4) is 0 Å². The number of rotatable bonds is 1. The van der Waals surface area contributed by atoms with Gasteiger partial charge in [-0.05, 0) is 27.7 Å². The first kappa shape index (κ1) is 10.7. The zero-order valence-electron chi connectivity index (χ0n) is 11.6. The van der Waals surface area contributed by atoms with Crippen molar-refractivity contribution in [2.24, 2.45) is 0 Å². The normalized spacial score (nSPS) is 52.5. The van der Waals surface area contributed by atoms with Crippen LogP contribution < -0.4 is 0 Å². The summed E-state index contributed by atoms with van der Waals surface area (Å²) in [6, 6.07) is 0. The molecule has 3 fully saturated rings. The van der Waals surface area contributed by atoms with E-state index in [2.05, 4.69) is 0 Å². The molecule has 17 heavy (non-hydrogen) atoms. The molecule has 0 unspecified atom stereocenters. The summed E-state index contributed by atoms with van der Waals surface area (Å²) in [4.78, 5) is 0. The molecule has 0 aromatic carbocycles. The van der Waals surface area contributed by atoms with E-state index in [9.17, 15) is 0 Å². The van der Waals surface area contributed by atoms with Gasteiger partial charge in [-0.1, -0.05) is 0 Å². The van der Waals surface area contributed by atoms with Gasteiger partial charge in [0.15, 0.2) is 17.9 Å². The molecule has 3 saturated heterocycles. The van der Waals surface area contributed by atoms with Crippen molar-refractivity contribution in [2.75, 3.05) is 6.61 Å². The molecule has 3 heterocycles. The lowest BCUT2D eigenvalue weighted by Gasteiger charge is -2.23. The Morgan fingerprint density at radius 3 is 2.24 bits per heavy atom. The van der Waals surface area contributed by atoms with Gasteiger partial charge in [-0.2, -0.15) is 0 Å². The Morgan fingerprint density at radius 2 is 1.65 bits per heavy atom. The highest BCUT2D eigenvalue weighted by molar-refractivity contribution is 4.90. The molecule has 0 bridgehead atoms. The molecule has 98 valence electrons. The highest BCUT2D eigenvalue weighted by Crippen LogP contribution is 2.40. The third-order valence-corrected chi connectivity index (χ3v) is 3.16. The Bertz CT molecular complexity index is 345. The van der Waals surface area contributed by atoms with Crippen LogP contribution in [0.1, 0.15) is 35.5 Å². The average molecular weight is 245 g/mol. The van der Waals surface area contributed by atoms with Crippen LogP contribution in [-0.2, 0) is 23.7 Å². The van der Waals surface area contributed by atoms with Crippen molar-refractivity contribution in [3.05, 3.63) is 0 Å². The Hall–Kier alpha value is -0.200. The van der Waals surface area contributed by atoms with Gasteiger partial charge < -0.3 is 23.7 Å². The van der Waals surface area contributed by atoms with E-state index in [-0.39, 0.29) is 18.3 Å². The van der Waals surface area contributed by atoms with Crippen LogP contribution in [0.2, 0.25) is 0 Å². The Balaban J connectivity index is 1.68. The lowest BCUT2D eigenvalue weighted by atomic mass is 10.1. The fourth-order valence-corrected chi connectivity index (χ4v) is 2.47. The Kier molecular flexibility index (Phi) is 2.30. The van der Waals surface area contributed by atoms with Gasteiger partial charge in [-0.15, -0.1) is 0 Å². The second-order valence-corrected chi connectivity index (χ2v) is 5.63. The van der Waals surface area contributed by atoms with Crippen LogP contribution >= 0.6 is 0 Å². The van der Waals surface area contributed by atoms with E-state index in [1.54, 1.807) is 0 Å². The minimum Gasteiger partial charge on any atom is -0.348 e. The van der Waals surface area contributed by atoms with Crippen LogP contribution in [0.25, 0.3) is 0 Å². The SMILES string of the molecule is [2H][C@@H]1[C@H]2OC(C)(C)O[C@H]2O[C@@H]1[C@H]1COC(C)(C)O1. The van der Waals surface area contributed by atoms with Crippen LogP contribution in [0.4, 0.5) is 0 Å². The second kappa shape index (κ2) is 3.65. The van der Waals surface area contributed by atoms with E-state index in [0.29, 0.717) is 6.61 Å². The zero-order chi connectivity index (χ0) is 13.1. The molecule has 0 aliphatic carbocycles. The molecule has 5 nitrogen and oxygen atoms in total. The molecule has 0 aromatic heterocycles. The monoisotopic (exact) mass is 245 g/mol. The second-order valence-electron chi connectivity index (χ2n) is 5.63. The predicted octanol–water partition coefficient (Wildman–Crippen LogP) is 1.40. The van der Waals surface area contributed by atoms with E-state index < -0.39 is 24.3 Å². The van der Waals surface area contributed by atoms with Gasteiger partial charge in [0.05, 0.1) is 12.7 Å². The van der Waals surface area contributed by atoms with Crippen LogP contribution in [0.5, 0.6) is 0 Å². The molecular formula is C12H20O5. The third kappa shape index (κ3) is 2.22. The molecule has 3 aliphatic rings. The van der Waals surface area contributed by atoms with Crippen LogP contribution in [0, 0.1) is 0 Å². The van der Waals surface area contributed by atoms with Crippen LogP contribution in [0.15, 0.2) is 0 Å². The Labute approximate surface area is 103 Å². The standard InChI is InChI=1S/C12H20O5/c1-11(2)13-6-9(16-11)7-5-8-10(14-7)17-12(3,4)15-8/h7-10H,5-6H2,1-4H3/t7-,8+,9+,10+/m0/s1/i5D/t5-,7-,8+,9+,10+. The summed E-state index contributed by atoms with van der Waals surface area (Å²) >= 11 is 0. The van der Waals surface area contributed by atoms with Gasteiger partial charge in [0.1, 0.15) is 12.2 Å². The third-order valence-electron chi connectivity index (χ3n) is 3.16. The van der Waals surface area contributed by atoms with Crippen molar-refractivity contribution in [1.29, 1.82) is 0 Å². The lowest BCUT2D eigenvalue weighted by molar-refractivity contribution is -0.220. The summed E-state index contributed by atoms with van der Waals surface area (Å²) in [5.41, 5.74) is 0. The van der Waals surface area contributed by atoms with E-state index in [1.165, 1.54) is 0 Å². The van der Waals surface area contributed by atoms with E-state index >= 15 is 0 Å². The number of ether oxygens (including phenoxy) is 5. The van der Waals surface area contributed by atoms with E-state index in [1.807, 2.05) is 27.7 Å². The molecule has 5 heteroatoms. The average Bonchev–Trinajstić information content (AvgIpc) is 2.81. The van der Waals surface area contributed by atoms with Gasteiger partial charge in [0.25, 0.3) is 0 Å². The summed E-state index contributed by atoms with van der Waals surface area (Å²) in [5.74, 6) is -1.28. The molecule has 0 spiro atoms. The van der Waals surface area contributed by atoms with Crippen LogP contribution in [-0.4, -0.2) is 42.8 Å². The highest BCUT2D eigenvalue weighted by Gasteiger charge is 2.52. The minimum atomic E-state index is -0.675. The molecule has 5 atom stereocenters. The zero-order valence-corrected chi connectivity index (χ0v) is 10.6. The number of fused-ring (bicyclic) bond motifs is 1. The quantitative estimate of drug-likeness (QED) is 0.699. The summed E-state index contributed by atoms with van der Waals surface area (Å²) in [6.07, 6.45) is -1.93. The van der Waals surface area contributed by atoms with Crippen molar-refractivity contribution in [1.82, 2.24) is 0 Å². The van der Waals surface area contributed by atoms with Crippen molar-refractivity contribution in [2.45, 2.75) is 70.3 Å². The molecule has 0 aromatic rings. The van der Waals surface area contributed by atoms with Gasteiger partial charge in [0, 0.05) is 7.77 Å². The van der Waals surface area contributed by atoms with Gasteiger partial charge in [-0.3, -0.25) is 0 Å². The van der Waals surface area contributed by atoms with E-state index in [4.69, 9.17) is 25.1 Å². The maximum Gasteiger partial charge on any atom is 0.187 e. The molecule has 3 aliphatic heterocycles. The first-order valence-electron chi connectivity index (χ1n) is 6.60. The van der Waals surface area contributed by atoms with Crippen molar-refractivity contribution in [3.8, 4) is 0 Å². The highest BCUT2D eigenvalue weighted by atomic mass is 16.8. The Morgan fingerprint density at radius 1 is 0.941 bits per heavy atom. The minimum absolute atomic E-state index is 0.233. The maximum atomic E-state index is 8.22. The first-order valence-corrected chi connectivity index (χ1v) is 6.03. The number of hydrogen-bond donors (Lipinski definition) is 0. The molecule has 0 N–H and O–H groups in total. The summed E-state index contributed by atoms with van der Waals surface area (Å²) in [6.45, 7) is 7.81. The summed E-state index contributed by atoms with van der Waals surface area (Å²) < 4.78 is 36.6. The molecule has 0 saturated carbocycles. The predicted molar refractivity (Wildman–Crippen MR) is 58.2 cm³/mol. The summed E-state index contributed by atoms with van der Waals surface area (Å²) in [5, 5.41) is 0. The molecule has 0 amide bonds. The molecule has 0 radical (unpaired) electrons. The topological polar surface area (TPSA) is 46.2 Å². The molecule has 3 rings (SSSR count). The largest absolute Gasteiger partial charge is 0.348 e. The fraction of sp³-hybridized carbons (Fsp3) is 1.00. The summed E-state index contributed by atoms with van der Waals surface area (Å²) in [7, 11) is 0. The van der Waals surface area contributed by atoms with Crippen molar-refractivity contribution in [3.63, 3.8) is 0 Å². The number of hydrogen-bond acceptors (Lipinski definition) is 5. The smallest absolute Gasteiger partial charge is 0.187 e. The maximum absolute atomic E-state index is 8.22. The lowest BCUT2D eigenvalue weighted by Crippen LogP contribution is -2.33. The fourth-order valence-electron chi connectivity index (χ4n) is 2.47. The first-order chi connectivity index (χ1) is 8.27. The molecular weight excluding hydrogens is 224 g/mol. The van der Waals surface area contributed by atoms with Crippen molar-refractivity contribution < 1.29 is 25.1 Å².